The molecule has 2 N–H and O–H groups in total. The van der Waals surface area contributed by atoms with Gasteiger partial charge in [0.1, 0.15) is 5.75 Å². The van der Waals surface area contributed by atoms with E-state index in [2.05, 4.69) is 0 Å². The first-order chi connectivity index (χ1) is 5.68. The van der Waals surface area contributed by atoms with E-state index in [9.17, 15) is 10.1 Å². The fraction of sp³-hybridized carbons (Fsp3) is 0.143. The van der Waals surface area contributed by atoms with Crippen LogP contribution < -0.4 is 10.5 Å². The molecular weight excluding hydrogens is 160 g/mol. The molecule has 0 saturated carbocycles. The van der Waals surface area contributed by atoms with E-state index in [-0.39, 0.29) is 0 Å². The summed E-state index contributed by atoms with van der Waals surface area (Å²) in [5.74, 6) is 0.409. The molecule has 0 atom stereocenters. The van der Waals surface area contributed by atoms with Gasteiger partial charge in [0.05, 0.1) is 4.92 Å². The zero-order chi connectivity index (χ0) is 8.97. The molecule has 0 aromatic heterocycles. The van der Waals surface area contributed by atoms with Crippen molar-refractivity contribution in [2.75, 3.05) is 12.5 Å². The Morgan fingerprint density at radius 3 is 2.92 bits per heavy atom. The topological polar surface area (TPSA) is 78.4 Å². The summed E-state index contributed by atoms with van der Waals surface area (Å²) in [5.41, 5.74) is 5.94. The van der Waals surface area contributed by atoms with Crippen molar-refractivity contribution in [1.82, 2.24) is 0 Å². The van der Waals surface area contributed by atoms with Crippen LogP contribution in [0.25, 0.3) is 0 Å². The maximum absolute atomic E-state index is 9.91. The lowest BCUT2D eigenvalue weighted by atomic mass is 10.3. The van der Waals surface area contributed by atoms with E-state index in [0.29, 0.717) is 11.4 Å². The standard InChI is InChI=1S/C7H8N2O3/c8-6-2-1-3-7(4-6)12-5-9(10)11/h1-4H,5,8H2. The third kappa shape index (κ3) is 2.45. The summed E-state index contributed by atoms with van der Waals surface area (Å²) >= 11 is 0. The second kappa shape index (κ2) is 3.56. The van der Waals surface area contributed by atoms with Crippen LogP contribution in [0.2, 0.25) is 0 Å². The molecule has 1 aromatic rings. The second-order valence-corrected chi connectivity index (χ2v) is 2.18. The number of hydrogen-bond acceptors (Lipinski definition) is 4. The number of nitrogen functional groups attached to an aromatic ring is 1. The largest absolute Gasteiger partial charge is 0.432 e. The predicted molar refractivity (Wildman–Crippen MR) is 43.3 cm³/mol. The van der Waals surface area contributed by atoms with Crippen molar-refractivity contribution in [3.63, 3.8) is 0 Å². The van der Waals surface area contributed by atoms with Crippen molar-refractivity contribution in [2.24, 2.45) is 0 Å². The van der Waals surface area contributed by atoms with Crippen molar-refractivity contribution in [3.8, 4) is 5.75 Å². The molecule has 5 heteroatoms. The molecule has 0 unspecified atom stereocenters. The molecule has 0 aliphatic carbocycles. The lowest BCUT2D eigenvalue weighted by Gasteiger charge is -2.00. The number of nitro groups is 1. The van der Waals surface area contributed by atoms with Crippen LogP contribution >= 0.6 is 0 Å². The van der Waals surface area contributed by atoms with E-state index in [4.69, 9.17) is 10.5 Å². The molecule has 0 radical (unpaired) electrons. The maximum atomic E-state index is 9.91. The van der Waals surface area contributed by atoms with Gasteiger partial charge in [-0.15, -0.1) is 0 Å². The maximum Gasteiger partial charge on any atom is 0.344 e. The van der Waals surface area contributed by atoms with Gasteiger partial charge in [0.15, 0.2) is 0 Å². The number of rotatable bonds is 3. The average Bonchev–Trinajstić information content (AvgIpc) is 2.01. The molecule has 0 aliphatic rings. The molecule has 1 rings (SSSR count). The SMILES string of the molecule is Nc1cccc(OC[N+](=O)[O-])c1. The predicted octanol–water partition coefficient (Wildman–Crippen LogP) is 0.882. The monoisotopic (exact) mass is 168 g/mol. The lowest BCUT2D eigenvalue weighted by molar-refractivity contribution is -0.514. The average molecular weight is 168 g/mol. The van der Waals surface area contributed by atoms with E-state index < -0.39 is 11.7 Å². The second-order valence-electron chi connectivity index (χ2n) is 2.18. The van der Waals surface area contributed by atoms with E-state index >= 15 is 0 Å². The fourth-order valence-electron chi connectivity index (χ4n) is 0.732. The Labute approximate surface area is 68.9 Å². The van der Waals surface area contributed by atoms with Gasteiger partial charge in [0.2, 0.25) is 0 Å². The molecule has 0 bridgehead atoms. The van der Waals surface area contributed by atoms with Gasteiger partial charge >= 0.3 is 6.73 Å². The van der Waals surface area contributed by atoms with Crippen molar-refractivity contribution < 1.29 is 9.66 Å². The highest BCUT2D eigenvalue weighted by Gasteiger charge is 1.98. The minimum atomic E-state index is -0.552. The van der Waals surface area contributed by atoms with Crippen LogP contribution in [-0.4, -0.2) is 11.7 Å². The molecule has 0 amide bonds. The molecular formula is C7H8N2O3. The zero-order valence-corrected chi connectivity index (χ0v) is 6.27. The molecule has 0 aliphatic heterocycles. The Balaban J connectivity index is 2.57. The first kappa shape index (κ1) is 8.32. The van der Waals surface area contributed by atoms with Gasteiger partial charge in [-0.3, -0.25) is 10.1 Å². The van der Waals surface area contributed by atoms with Crippen LogP contribution in [0.3, 0.4) is 0 Å². The minimum absolute atomic E-state index is 0.409. The smallest absolute Gasteiger partial charge is 0.344 e. The van der Waals surface area contributed by atoms with Crippen molar-refractivity contribution in [2.45, 2.75) is 0 Å². The number of ether oxygens (including phenoxy) is 1. The first-order valence-corrected chi connectivity index (χ1v) is 3.28. The Morgan fingerprint density at radius 2 is 2.33 bits per heavy atom. The Kier molecular flexibility index (Phi) is 2.47. The summed E-state index contributed by atoms with van der Waals surface area (Å²) in [6, 6.07) is 6.49. The number of anilines is 1. The van der Waals surface area contributed by atoms with Crippen LogP contribution in [0, 0.1) is 10.1 Å². The Hall–Kier alpha value is -1.78. The summed E-state index contributed by atoms with van der Waals surface area (Å²) in [5, 5.41) is 9.91. The van der Waals surface area contributed by atoms with E-state index in [1.165, 1.54) is 6.07 Å². The normalized spacial score (nSPS) is 9.33. The highest BCUT2D eigenvalue weighted by molar-refractivity contribution is 5.43. The Bertz CT molecular complexity index is 288. The van der Waals surface area contributed by atoms with E-state index in [1.807, 2.05) is 0 Å². The van der Waals surface area contributed by atoms with Crippen LogP contribution in [0.5, 0.6) is 5.75 Å². The summed E-state index contributed by atoms with van der Waals surface area (Å²) in [6.07, 6.45) is 0. The molecule has 0 saturated heterocycles. The van der Waals surface area contributed by atoms with Crippen molar-refractivity contribution in [1.29, 1.82) is 0 Å². The minimum Gasteiger partial charge on any atom is -0.432 e. The van der Waals surface area contributed by atoms with E-state index in [0.717, 1.165) is 0 Å². The quantitative estimate of drug-likeness (QED) is 0.314. The van der Waals surface area contributed by atoms with Gasteiger partial charge in [0, 0.05) is 11.8 Å². The van der Waals surface area contributed by atoms with Crippen LogP contribution in [0.1, 0.15) is 0 Å². The third-order valence-corrected chi connectivity index (χ3v) is 1.19. The number of nitrogens with two attached hydrogens (primary N) is 1. The Morgan fingerprint density at radius 1 is 1.58 bits per heavy atom. The summed E-state index contributed by atoms with van der Waals surface area (Å²) in [6.45, 7) is -0.538. The van der Waals surface area contributed by atoms with Gasteiger partial charge in [0.25, 0.3) is 0 Å². The zero-order valence-electron chi connectivity index (χ0n) is 6.27. The molecule has 12 heavy (non-hydrogen) atoms. The molecule has 0 spiro atoms. The number of nitrogens with zero attached hydrogens (tertiary/aromatic N) is 1. The molecule has 0 fully saturated rings. The number of benzene rings is 1. The molecule has 1 aromatic carbocycles. The highest BCUT2D eigenvalue weighted by atomic mass is 16.7. The van der Waals surface area contributed by atoms with Gasteiger partial charge in [-0.2, -0.15) is 0 Å². The summed E-state index contributed by atoms with van der Waals surface area (Å²) in [4.78, 5) is 9.35. The molecule has 64 valence electrons. The van der Waals surface area contributed by atoms with Crippen LogP contribution in [0.15, 0.2) is 24.3 Å². The first-order valence-electron chi connectivity index (χ1n) is 3.28. The van der Waals surface area contributed by atoms with Gasteiger partial charge in [-0.05, 0) is 12.1 Å². The van der Waals surface area contributed by atoms with Crippen molar-refractivity contribution >= 4 is 5.69 Å². The number of hydrogen-bond donors (Lipinski definition) is 1. The third-order valence-electron chi connectivity index (χ3n) is 1.19. The molecule has 0 heterocycles. The fourth-order valence-corrected chi connectivity index (χ4v) is 0.732. The van der Waals surface area contributed by atoms with Crippen LogP contribution in [-0.2, 0) is 0 Å². The molecule has 5 nitrogen and oxygen atoms in total. The van der Waals surface area contributed by atoms with E-state index in [1.54, 1.807) is 18.2 Å². The van der Waals surface area contributed by atoms with Gasteiger partial charge in [-0.1, -0.05) is 6.07 Å². The van der Waals surface area contributed by atoms with Crippen molar-refractivity contribution in [3.05, 3.63) is 34.4 Å². The highest BCUT2D eigenvalue weighted by Crippen LogP contribution is 2.13. The lowest BCUT2D eigenvalue weighted by Crippen LogP contribution is -2.08. The van der Waals surface area contributed by atoms with Crippen LogP contribution in [0.4, 0.5) is 5.69 Å². The summed E-state index contributed by atoms with van der Waals surface area (Å²) < 4.78 is 4.77. The van der Waals surface area contributed by atoms with Gasteiger partial charge < -0.3 is 10.5 Å². The van der Waals surface area contributed by atoms with Gasteiger partial charge in [-0.25, -0.2) is 0 Å². The summed E-state index contributed by atoms with van der Waals surface area (Å²) in [7, 11) is 0.